The van der Waals surface area contributed by atoms with E-state index in [1.165, 1.54) is 18.2 Å². The molecule has 5 nitrogen and oxygen atoms in total. The highest BCUT2D eigenvalue weighted by molar-refractivity contribution is 5.95. The first kappa shape index (κ1) is 21.9. The van der Waals surface area contributed by atoms with Gasteiger partial charge in [0.05, 0.1) is 23.1 Å². The smallest absolute Gasteiger partial charge is 0.257 e. The number of hydrogen-bond donors (Lipinski definition) is 0. The molecule has 0 radical (unpaired) electrons. The van der Waals surface area contributed by atoms with E-state index < -0.39 is 11.6 Å². The number of rotatable bonds is 5. The summed E-state index contributed by atoms with van der Waals surface area (Å²) < 4.78 is 47.6. The van der Waals surface area contributed by atoms with Gasteiger partial charge in [0.25, 0.3) is 5.91 Å². The lowest BCUT2D eigenvalue weighted by Crippen LogP contribution is -2.42. The molecule has 4 rings (SSSR count). The van der Waals surface area contributed by atoms with Crippen molar-refractivity contribution in [1.29, 1.82) is 0 Å². The van der Waals surface area contributed by atoms with Crippen molar-refractivity contribution in [1.82, 2.24) is 14.7 Å². The van der Waals surface area contributed by atoms with E-state index in [0.717, 1.165) is 17.8 Å². The quantitative estimate of drug-likeness (QED) is 0.552. The van der Waals surface area contributed by atoms with E-state index in [1.54, 1.807) is 27.9 Å². The summed E-state index contributed by atoms with van der Waals surface area (Å²) in [6.07, 6.45) is 2.36. The minimum atomic E-state index is -0.738. The average Bonchev–Trinajstić information content (AvgIpc) is 3.22. The largest absolute Gasteiger partial charge is 0.487 e. The maximum Gasteiger partial charge on any atom is 0.257 e. The van der Waals surface area contributed by atoms with Gasteiger partial charge in [0.1, 0.15) is 17.7 Å². The van der Waals surface area contributed by atoms with Gasteiger partial charge in [-0.1, -0.05) is 13.8 Å². The third-order valence-corrected chi connectivity index (χ3v) is 5.57. The normalized spacial score (nSPS) is 14.8. The van der Waals surface area contributed by atoms with Gasteiger partial charge in [-0.15, -0.1) is 0 Å². The molecule has 168 valence electrons. The van der Waals surface area contributed by atoms with Gasteiger partial charge < -0.3 is 9.64 Å². The van der Waals surface area contributed by atoms with Crippen molar-refractivity contribution in [3.05, 3.63) is 77.4 Å². The van der Waals surface area contributed by atoms with Crippen molar-refractivity contribution in [3.8, 4) is 11.4 Å². The Balaban J connectivity index is 1.46. The second-order valence-electron chi connectivity index (χ2n) is 8.17. The Hall–Kier alpha value is -3.29. The molecule has 0 atom stereocenters. The Morgan fingerprint density at radius 1 is 1.03 bits per heavy atom. The molecule has 0 bridgehead atoms. The zero-order valence-corrected chi connectivity index (χ0v) is 17.9. The predicted molar refractivity (Wildman–Crippen MR) is 114 cm³/mol. The van der Waals surface area contributed by atoms with Crippen molar-refractivity contribution in [3.63, 3.8) is 0 Å². The summed E-state index contributed by atoms with van der Waals surface area (Å²) >= 11 is 0. The third kappa shape index (κ3) is 4.49. The monoisotopic (exact) mass is 443 g/mol. The number of hydrogen-bond acceptors (Lipinski definition) is 3. The number of aromatic nitrogens is 2. The topological polar surface area (TPSA) is 47.4 Å². The summed E-state index contributed by atoms with van der Waals surface area (Å²) in [5.74, 6) is -1.83. The van der Waals surface area contributed by atoms with Crippen molar-refractivity contribution in [2.45, 2.75) is 38.7 Å². The first-order valence-electron chi connectivity index (χ1n) is 10.6. The molecule has 1 aliphatic heterocycles. The Bertz CT molecular complexity index is 1100. The van der Waals surface area contributed by atoms with Crippen LogP contribution >= 0.6 is 0 Å². The van der Waals surface area contributed by atoms with E-state index in [9.17, 15) is 18.0 Å². The van der Waals surface area contributed by atoms with Crippen LogP contribution in [0.2, 0.25) is 0 Å². The van der Waals surface area contributed by atoms with Gasteiger partial charge in [0.15, 0.2) is 11.6 Å². The van der Waals surface area contributed by atoms with Crippen LogP contribution in [0.3, 0.4) is 0 Å². The molecule has 1 aromatic heterocycles. The maximum atomic E-state index is 13.9. The number of likely N-dealkylation sites (tertiary alicyclic amines) is 1. The molecule has 2 heterocycles. The molecule has 1 aliphatic rings. The fourth-order valence-corrected chi connectivity index (χ4v) is 3.96. The van der Waals surface area contributed by atoms with E-state index >= 15 is 0 Å². The number of carbonyl (C=O) groups excluding carboxylic acids is 1. The van der Waals surface area contributed by atoms with Crippen molar-refractivity contribution in [2.75, 3.05) is 13.1 Å². The lowest BCUT2D eigenvalue weighted by molar-refractivity contribution is 0.0586. The molecule has 0 N–H and O–H groups in total. The number of ether oxygens (including phenoxy) is 1. The van der Waals surface area contributed by atoms with Crippen LogP contribution in [0.5, 0.6) is 5.75 Å². The Morgan fingerprint density at radius 2 is 1.69 bits per heavy atom. The highest BCUT2D eigenvalue weighted by Gasteiger charge is 2.29. The fraction of sp³-hybridized carbons (Fsp3) is 0.333. The fourth-order valence-electron chi connectivity index (χ4n) is 3.96. The van der Waals surface area contributed by atoms with Crippen LogP contribution in [0.4, 0.5) is 13.2 Å². The lowest BCUT2D eigenvalue weighted by atomic mass is 10.0. The number of benzene rings is 2. The van der Waals surface area contributed by atoms with Crippen molar-refractivity contribution >= 4 is 5.91 Å². The third-order valence-electron chi connectivity index (χ3n) is 5.57. The molecule has 1 amide bonds. The minimum absolute atomic E-state index is 0.0128. The molecule has 2 aromatic carbocycles. The van der Waals surface area contributed by atoms with Gasteiger partial charge >= 0.3 is 0 Å². The van der Waals surface area contributed by atoms with Gasteiger partial charge in [0.2, 0.25) is 0 Å². The second kappa shape index (κ2) is 9.06. The maximum absolute atomic E-state index is 13.9. The van der Waals surface area contributed by atoms with Crippen LogP contribution in [0, 0.1) is 17.5 Å². The highest BCUT2D eigenvalue weighted by Crippen LogP contribution is 2.27. The van der Waals surface area contributed by atoms with Gasteiger partial charge in [-0.3, -0.25) is 4.79 Å². The SMILES string of the molecule is CC(C)c1c(C(=O)N2CCC(Oc3ccc(F)cc3F)CC2)cnn1-c1ccc(F)cc1. The molecule has 1 saturated heterocycles. The zero-order chi connectivity index (χ0) is 22.8. The van der Waals surface area contributed by atoms with E-state index in [0.29, 0.717) is 37.2 Å². The molecule has 32 heavy (non-hydrogen) atoms. The number of piperidine rings is 1. The number of nitrogens with zero attached hydrogens (tertiary/aromatic N) is 3. The van der Waals surface area contributed by atoms with E-state index in [-0.39, 0.29) is 29.5 Å². The lowest BCUT2D eigenvalue weighted by Gasteiger charge is -2.32. The highest BCUT2D eigenvalue weighted by atomic mass is 19.1. The molecule has 0 unspecified atom stereocenters. The van der Waals surface area contributed by atoms with Gasteiger partial charge in [-0.05, 0) is 42.3 Å². The Kier molecular flexibility index (Phi) is 6.21. The van der Waals surface area contributed by atoms with Crippen LogP contribution in [0.1, 0.15) is 48.7 Å². The molecule has 3 aromatic rings. The van der Waals surface area contributed by atoms with Crippen molar-refractivity contribution < 1.29 is 22.7 Å². The van der Waals surface area contributed by atoms with E-state index in [4.69, 9.17) is 4.74 Å². The summed E-state index contributed by atoms with van der Waals surface area (Å²) in [6.45, 7) is 4.85. The molecule has 1 fully saturated rings. The molecule has 0 saturated carbocycles. The van der Waals surface area contributed by atoms with Crippen LogP contribution in [-0.2, 0) is 0 Å². The molecule has 0 aliphatic carbocycles. The van der Waals surface area contributed by atoms with Crippen LogP contribution in [0.25, 0.3) is 5.69 Å². The first-order chi connectivity index (χ1) is 15.3. The minimum Gasteiger partial charge on any atom is -0.487 e. The Morgan fingerprint density at radius 3 is 2.31 bits per heavy atom. The van der Waals surface area contributed by atoms with Crippen LogP contribution in [0.15, 0.2) is 48.7 Å². The molecular weight excluding hydrogens is 419 g/mol. The summed E-state index contributed by atoms with van der Waals surface area (Å²) in [6, 6.07) is 9.19. The van der Waals surface area contributed by atoms with Crippen LogP contribution < -0.4 is 4.74 Å². The van der Waals surface area contributed by atoms with Crippen molar-refractivity contribution in [2.24, 2.45) is 0 Å². The van der Waals surface area contributed by atoms with Crippen LogP contribution in [-0.4, -0.2) is 39.8 Å². The molecular formula is C24H24F3N3O2. The van der Waals surface area contributed by atoms with Gasteiger partial charge in [-0.25, -0.2) is 17.9 Å². The Labute approximate surface area is 184 Å². The van der Waals surface area contributed by atoms with Gasteiger partial charge in [-0.2, -0.15) is 5.10 Å². The van der Waals surface area contributed by atoms with Gasteiger partial charge in [0, 0.05) is 32.0 Å². The summed E-state index contributed by atoms with van der Waals surface area (Å²) in [5, 5.41) is 4.39. The van der Waals surface area contributed by atoms with E-state index in [1.807, 2.05) is 13.8 Å². The summed E-state index contributed by atoms with van der Waals surface area (Å²) in [4.78, 5) is 15.0. The number of halogens is 3. The molecule has 0 spiro atoms. The summed E-state index contributed by atoms with van der Waals surface area (Å²) in [5.41, 5.74) is 1.95. The molecule has 8 heteroatoms. The average molecular weight is 443 g/mol. The zero-order valence-electron chi connectivity index (χ0n) is 17.9. The second-order valence-corrected chi connectivity index (χ2v) is 8.17. The standard InChI is InChI=1S/C24H24F3N3O2/c1-15(2)23-20(14-28-30(23)18-6-3-16(25)4-7-18)24(31)29-11-9-19(10-12-29)32-22-8-5-17(26)13-21(22)27/h3-8,13-15,19H,9-12H2,1-2H3. The summed E-state index contributed by atoms with van der Waals surface area (Å²) in [7, 11) is 0. The number of carbonyl (C=O) groups is 1. The first-order valence-corrected chi connectivity index (χ1v) is 10.6. The number of amides is 1. The van der Waals surface area contributed by atoms with E-state index in [2.05, 4.69) is 5.10 Å². The predicted octanol–water partition coefficient (Wildman–Crippen LogP) is 5.10.